The number of aromatic nitrogens is 1. The molecule has 6 nitrogen and oxygen atoms in total. The van der Waals surface area contributed by atoms with E-state index < -0.39 is 0 Å². The number of nitrogen functional groups attached to an aromatic ring is 1. The number of nitrogens with zero attached hydrogens (tertiary/aromatic N) is 1. The fourth-order valence-corrected chi connectivity index (χ4v) is 3.58. The third-order valence-corrected chi connectivity index (χ3v) is 4.96. The van der Waals surface area contributed by atoms with E-state index in [1.807, 2.05) is 24.3 Å². The Morgan fingerprint density at radius 2 is 2.04 bits per heavy atom. The maximum atomic E-state index is 12.7. The predicted molar refractivity (Wildman–Crippen MR) is 95.0 cm³/mol. The van der Waals surface area contributed by atoms with Gasteiger partial charge < -0.3 is 20.0 Å². The van der Waals surface area contributed by atoms with Crippen molar-refractivity contribution in [1.82, 2.24) is 10.5 Å². The fourth-order valence-electron chi connectivity index (χ4n) is 3.58. The third kappa shape index (κ3) is 2.99. The smallest absolute Gasteiger partial charge is 0.259 e. The summed E-state index contributed by atoms with van der Waals surface area (Å²) in [5.41, 5.74) is 8.02. The molecular formula is C19H21N3O3. The number of carbonyl (C=O) groups excluding carboxylic acids is 1. The van der Waals surface area contributed by atoms with Crippen LogP contribution in [0.2, 0.25) is 0 Å². The lowest BCUT2D eigenvalue weighted by atomic mass is 9.89. The number of nitrogens with two attached hydrogens (primary N) is 1. The van der Waals surface area contributed by atoms with Gasteiger partial charge in [-0.1, -0.05) is 42.6 Å². The van der Waals surface area contributed by atoms with Crippen LogP contribution in [0.3, 0.4) is 0 Å². The van der Waals surface area contributed by atoms with Crippen LogP contribution in [-0.2, 0) is 0 Å². The number of benzene rings is 1. The van der Waals surface area contributed by atoms with Crippen molar-refractivity contribution in [2.75, 3.05) is 12.3 Å². The molecule has 1 amide bonds. The molecule has 0 spiro atoms. The Labute approximate surface area is 145 Å². The number of hydrogen-bond donors (Lipinski definition) is 2. The van der Waals surface area contributed by atoms with Crippen molar-refractivity contribution < 1.29 is 13.7 Å². The molecule has 4 rings (SSSR count). The molecule has 0 radical (unpaired) electrons. The highest BCUT2D eigenvalue weighted by atomic mass is 16.5. The van der Waals surface area contributed by atoms with Crippen LogP contribution >= 0.6 is 0 Å². The highest BCUT2D eigenvalue weighted by molar-refractivity contribution is 6.06. The molecule has 0 unspecified atom stereocenters. The summed E-state index contributed by atoms with van der Waals surface area (Å²) in [7, 11) is 0. The van der Waals surface area contributed by atoms with E-state index in [1.54, 1.807) is 6.26 Å². The van der Waals surface area contributed by atoms with E-state index >= 15 is 0 Å². The maximum Gasteiger partial charge on any atom is 0.259 e. The molecule has 1 saturated carbocycles. The minimum Gasteiger partial charge on any atom is -0.464 e. The van der Waals surface area contributed by atoms with E-state index in [4.69, 9.17) is 14.7 Å². The van der Waals surface area contributed by atoms with Crippen LogP contribution < -0.4 is 11.1 Å². The van der Waals surface area contributed by atoms with Crippen molar-refractivity contribution in [3.8, 4) is 11.3 Å². The Hall–Kier alpha value is -2.76. The SMILES string of the molecule is Nc1onc(-c2coc3ccccc23)c1C(=O)NCC1CCCCC1. The molecule has 2 aromatic heterocycles. The molecule has 0 aliphatic heterocycles. The molecule has 0 saturated heterocycles. The summed E-state index contributed by atoms with van der Waals surface area (Å²) in [6.45, 7) is 0.662. The summed E-state index contributed by atoms with van der Waals surface area (Å²) in [6.07, 6.45) is 7.68. The van der Waals surface area contributed by atoms with E-state index in [1.165, 1.54) is 32.1 Å². The van der Waals surface area contributed by atoms with Gasteiger partial charge in [0.25, 0.3) is 5.91 Å². The summed E-state index contributed by atoms with van der Waals surface area (Å²) < 4.78 is 10.7. The number of rotatable bonds is 4. The summed E-state index contributed by atoms with van der Waals surface area (Å²) >= 11 is 0. The van der Waals surface area contributed by atoms with Crippen molar-refractivity contribution in [1.29, 1.82) is 0 Å². The Morgan fingerprint density at radius 1 is 1.24 bits per heavy atom. The topological polar surface area (TPSA) is 94.3 Å². The Bertz CT molecular complexity index is 890. The van der Waals surface area contributed by atoms with Crippen LogP contribution in [0.25, 0.3) is 22.2 Å². The molecule has 25 heavy (non-hydrogen) atoms. The molecule has 0 atom stereocenters. The molecule has 0 bridgehead atoms. The third-order valence-electron chi connectivity index (χ3n) is 4.96. The van der Waals surface area contributed by atoms with E-state index in [-0.39, 0.29) is 17.4 Å². The predicted octanol–water partition coefficient (Wildman–Crippen LogP) is 3.98. The lowest BCUT2D eigenvalue weighted by molar-refractivity contribution is 0.0944. The zero-order valence-electron chi connectivity index (χ0n) is 14.0. The minimum atomic E-state index is -0.246. The van der Waals surface area contributed by atoms with Gasteiger partial charge in [-0.15, -0.1) is 0 Å². The Morgan fingerprint density at radius 3 is 2.88 bits per heavy atom. The molecule has 1 aromatic carbocycles. The number of hydrogen-bond acceptors (Lipinski definition) is 5. The number of carbonyl (C=O) groups is 1. The molecule has 1 aliphatic carbocycles. The van der Waals surface area contributed by atoms with Crippen molar-refractivity contribution in [3.63, 3.8) is 0 Å². The fraction of sp³-hybridized carbons (Fsp3) is 0.368. The summed E-state index contributed by atoms with van der Waals surface area (Å²) in [5.74, 6) is 0.322. The second kappa shape index (κ2) is 6.63. The Balaban J connectivity index is 1.60. The van der Waals surface area contributed by atoms with E-state index in [2.05, 4.69) is 10.5 Å². The summed E-state index contributed by atoms with van der Waals surface area (Å²) in [5, 5.41) is 7.87. The molecule has 3 aromatic rings. The van der Waals surface area contributed by atoms with Gasteiger partial charge in [0.1, 0.15) is 23.1 Å². The quantitative estimate of drug-likeness (QED) is 0.750. The van der Waals surface area contributed by atoms with Crippen LogP contribution in [0.4, 0.5) is 5.88 Å². The van der Waals surface area contributed by atoms with E-state index in [0.29, 0.717) is 23.7 Å². The van der Waals surface area contributed by atoms with Crippen molar-refractivity contribution in [2.24, 2.45) is 5.92 Å². The maximum absolute atomic E-state index is 12.7. The molecule has 1 aliphatic rings. The first kappa shape index (κ1) is 15.7. The summed E-state index contributed by atoms with van der Waals surface area (Å²) in [4.78, 5) is 12.7. The summed E-state index contributed by atoms with van der Waals surface area (Å²) in [6, 6.07) is 7.59. The van der Waals surface area contributed by atoms with Crippen LogP contribution in [0.15, 0.2) is 39.5 Å². The molecule has 1 fully saturated rings. The highest BCUT2D eigenvalue weighted by Gasteiger charge is 2.25. The molecule has 2 heterocycles. The number of furan rings is 1. The lowest BCUT2D eigenvalue weighted by Crippen LogP contribution is -2.30. The number of fused-ring (bicyclic) bond motifs is 1. The standard InChI is InChI=1S/C19H21N3O3/c20-18-16(19(23)21-10-12-6-2-1-3-7-12)17(22-25-18)14-11-24-15-9-5-4-8-13(14)15/h4-5,8-9,11-12H,1-3,6-7,10,20H2,(H,21,23). The van der Waals surface area contributed by atoms with Gasteiger partial charge in [0.05, 0.1) is 5.56 Å². The van der Waals surface area contributed by atoms with Crippen molar-refractivity contribution in [3.05, 3.63) is 36.1 Å². The highest BCUT2D eigenvalue weighted by Crippen LogP contribution is 2.34. The molecule has 130 valence electrons. The number of nitrogens with one attached hydrogen (secondary N) is 1. The largest absolute Gasteiger partial charge is 0.464 e. The first-order chi connectivity index (χ1) is 12.2. The van der Waals surface area contributed by atoms with Gasteiger partial charge in [-0.3, -0.25) is 4.79 Å². The molecule has 6 heteroatoms. The van der Waals surface area contributed by atoms with Gasteiger partial charge >= 0.3 is 0 Å². The van der Waals surface area contributed by atoms with E-state index in [0.717, 1.165) is 11.0 Å². The van der Waals surface area contributed by atoms with Gasteiger partial charge in [0.2, 0.25) is 5.88 Å². The van der Waals surface area contributed by atoms with Crippen LogP contribution in [0.5, 0.6) is 0 Å². The number of para-hydroxylation sites is 1. The van der Waals surface area contributed by atoms with Crippen molar-refractivity contribution in [2.45, 2.75) is 32.1 Å². The van der Waals surface area contributed by atoms with E-state index in [9.17, 15) is 4.79 Å². The first-order valence-electron chi connectivity index (χ1n) is 8.74. The zero-order chi connectivity index (χ0) is 17.2. The van der Waals surface area contributed by atoms with Gasteiger partial charge in [-0.05, 0) is 24.8 Å². The first-order valence-corrected chi connectivity index (χ1v) is 8.74. The number of anilines is 1. The van der Waals surface area contributed by atoms with Gasteiger partial charge in [-0.25, -0.2) is 0 Å². The van der Waals surface area contributed by atoms with Gasteiger partial charge in [0, 0.05) is 11.9 Å². The lowest BCUT2D eigenvalue weighted by Gasteiger charge is -2.21. The molecular weight excluding hydrogens is 318 g/mol. The van der Waals surface area contributed by atoms with Crippen molar-refractivity contribution >= 4 is 22.8 Å². The monoisotopic (exact) mass is 339 g/mol. The zero-order valence-corrected chi connectivity index (χ0v) is 14.0. The second-order valence-electron chi connectivity index (χ2n) is 6.63. The second-order valence-corrected chi connectivity index (χ2v) is 6.63. The van der Waals surface area contributed by atoms with Crippen LogP contribution in [0.1, 0.15) is 42.5 Å². The normalized spacial score (nSPS) is 15.5. The van der Waals surface area contributed by atoms with Crippen LogP contribution in [-0.4, -0.2) is 17.6 Å². The average molecular weight is 339 g/mol. The number of amides is 1. The Kier molecular flexibility index (Phi) is 4.17. The molecule has 3 N–H and O–H groups in total. The van der Waals surface area contributed by atoms with Gasteiger partial charge in [-0.2, -0.15) is 0 Å². The average Bonchev–Trinajstić information content (AvgIpc) is 3.24. The minimum absolute atomic E-state index is 0.0291. The van der Waals surface area contributed by atoms with Crippen LogP contribution in [0, 0.1) is 5.92 Å². The van der Waals surface area contributed by atoms with Gasteiger partial charge in [0.15, 0.2) is 0 Å².